The largest absolute Gasteiger partial charge is 0.341 e. The average Bonchev–Trinajstić information content (AvgIpc) is 3.47. The molecule has 0 spiro atoms. The van der Waals surface area contributed by atoms with Gasteiger partial charge in [-0.1, -0.05) is 35.4 Å². The maximum atomic E-state index is 13.5. The zero-order chi connectivity index (χ0) is 22.7. The standard InChI is InChI=1S/C25H33N3O3S/c1-20-5-9-22(10-6-20)28(32(30,31)24-11-7-21(2)8-12-24)18-14-25(29)27-17-13-23(19-27)26-15-3-4-16-26/h5-12,23H,3-4,13-19H2,1-2H3. The van der Waals surface area contributed by atoms with Crippen LogP contribution in [0.4, 0.5) is 5.69 Å². The van der Waals surface area contributed by atoms with Crippen LogP contribution in [0.1, 0.15) is 36.8 Å². The molecule has 2 saturated heterocycles. The molecule has 6 nitrogen and oxygen atoms in total. The Morgan fingerprint density at radius 3 is 2.16 bits per heavy atom. The zero-order valence-corrected chi connectivity index (χ0v) is 19.9. The summed E-state index contributed by atoms with van der Waals surface area (Å²) < 4.78 is 28.3. The summed E-state index contributed by atoms with van der Waals surface area (Å²) in [6, 6.07) is 14.7. The Bertz CT molecular complexity index is 1030. The van der Waals surface area contributed by atoms with Gasteiger partial charge in [0.1, 0.15) is 0 Å². The molecule has 0 aromatic heterocycles. The summed E-state index contributed by atoms with van der Waals surface area (Å²) in [6.07, 6.45) is 3.67. The molecule has 172 valence electrons. The van der Waals surface area contributed by atoms with E-state index >= 15 is 0 Å². The first-order valence-electron chi connectivity index (χ1n) is 11.5. The van der Waals surface area contributed by atoms with Gasteiger partial charge < -0.3 is 4.90 Å². The molecule has 0 saturated carbocycles. The second-order valence-corrected chi connectivity index (χ2v) is 10.9. The molecule has 0 bridgehead atoms. The molecule has 2 aliphatic rings. The third kappa shape index (κ3) is 4.99. The molecule has 32 heavy (non-hydrogen) atoms. The van der Waals surface area contributed by atoms with Gasteiger partial charge in [-0.2, -0.15) is 0 Å². The van der Waals surface area contributed by atoms with Gasteiger partial charge in [0.25, 0.3) is 10.0 Å². The van der Waals surface area contributed by atoms with E-state index in [1.807, 2.05) is 43.0 Å². The number of likely N-dealkylation sites (tertiary alicyclic amines) is 2. The monoisotopic (exact) mass is 455 g/mol. The van der Waals surface area contributed by atoms with E-state index in [0.29, 0.717) is 11.7 Å². The van der Waals surface area contributed by atoms with E-state index in [2.05, 4.69) is 4.90 Å². The number of sulfonamides is 1. The SMILES string of the molecule is Cc1ccc(N(CCC(=O)N2CCC(N3CCCC3)C2)S(=O)(=O)c2ccc(C)cc2)cc1. The fourth-order valence-corrected chi connectivity index (χ4v) is 6.13. The van der Waals surface area contributed by atoms with E-state index in [9.17, 15) is 13.2 Å². The van der Waals surface area contributed by atoms with Crippen LogP contribution in [-0.4, -0.2) is 62.9 Å². The lowest BCUT2D eigenvalue weighted by Gasteiger charge is -2.26. The van der Waals surface area contributed by atoms with E-state index in [1.54, 1.807) is 24.3 Å². The molecule has 2 heterocycles. The highest BCUT2D eigenvalue weighted by molar-refractivity contribution is 7.92. The number of carbonyl (C=O) groups is 1. The normalized spacial score (nSPS) is 19.4. The molecule has 1 amide bonds. The van der Waals surface area contributed by atoms with Crippen molar-refractivity contribution in [3.8, 4) is 0 Å². The topological polar surface area (TPSA) is 60.9 Å². The van der Waals surface area contributed by atoms with Crippen LogP contribution < -0.4 is 4.31 Å². The van der Waals surface area contributed by atoms with Crippen molar-refractivity contribution in [2.75, 3.05) is 37.0 Å². The predicted octanol–water partition coefficient (Wildman–Crippen LogP) is 3.59. The van der Waals surface area contributed by atoms with Crippen LogP contribution in [0.5, 0.6) is 0 Å². The van der Waals surface area contributed by atoms with E-state index < -0.39 is 10.0 Å². The smallest absolute Gasteiger partial charge is 0.264 e. The minimum absolute atomic E-state index is 0.0305. The van der Waals surface area contributed by atoms with Crippen LogP contribution in [0.25, 0.3) is 0 Å². The maximum Gasteiger partial charge on any atom is 0.264 e. The van der Waals surface area contributed by atoms with Crippen molar-refractivity contribution in [2.24, 2.45) is 0 Å². The van der Waals surface area contributed by atoms with Crippen LogP contribution in [0.2, 0.25) is 0 Å². The first-order valence-corrected chi connectivity index (χ1v) is 13.0. The fraction of sp³-hybridized carbons (Fsp3) is 0.480. The molecular formula is C25H33N3O3S. The molecule has 4 rings (SSSR count). The summed E-state index contributed by atoms with van der Waals surface area (Å²) in [6.45, 7) is 7.80. The Morgan fingerprint density at radius 2 is 1.53 bits per heavy atom. The molecule has 1 unspecified atom stereocenters. The molecular weight excluding hydrogens is 422 g/mol. The van der Waals surface area contributed by atoms with Gasteiger partial charge >= 0.3 is 0 Å². The number of hydrogen-bond donors (Lipinski definition) is 0. The minimum Gasteiger partial charge on any atom is -0.341 e. The molecule has 0 N–H and O–H groups in total. The van der Waals surface area contributed by atoms with Gasteiger partial charge in [-0.15, -0.1) is 0 Å². The summed E-state index contributed by atoms with van der Waals surface area (Å²) in [5.41, 5.74) is 2.64. The van der Waals surface area contributed by atoms with Gasteiger partial charge in [-0.05, 0) is 70.5 Å². The first kappa shape index (κ1) is 22.8. The lowest BCUT2D eigenvalue weighted by Crippen LogP contribution is -2.39. The predicted molar refractivity (Wildman–Crippen MR) is 127 cm³/mol. The van der Waals surface area contributed by atoms with Crippen LogP contribution in [0.15, 0.2) is 53.4 Å². The molecule has 7 heteroatoms. The lowest BCUT2D eigenvalue weighted by molar-refractivity contribution is -0.130. The number of anilines is 1. The van der Waals surface area contributed by atoms with E-state index in [-0.39, 0.29) is 23.8 Å². The van der Waals surface area contributed by atoms with Gasteiger partial charge in [0.15, 0.2) is 0 Å². The van der Waals surface area contributed by atoms with Crippen molar-refractivity contribution >= 4 is 21.6 Å². The molecule has 2 fully saturated rings. The summed E-state index contributed by atoms with van der Waals surface area (Å²) in [7, 11) is -3.77. The molecule has 0 aliphatic carbocycles. The summed E-state index contributed by atoms with van der Waals surface area (Å²) >= 11 is 0. The Morgan fingerprint density at radius 1 is 0.938 bits per heavy atom. The number of benzene rings is 2. The zero-order valence-electron chi connectivity index (χ0n) is 19.0. The molecule has 0 radical (unpaired) electrons. The Hall–Kier alpha value is -2.38. The fourth-order valence-electron chi connectivity index (χ4n) is 4.66. The van der Waals surface area contributed by atoms with Gasteiger partial charge in [-0.25, -0.2) is 8.42 Å². The average molecular weight is 456 g/mol. The number of amides is 1. The van der Waals surface area contributed by atoms with Gasteiger partial charge in [0, 0.05) is 32.1 Å². The van der Waals surface area contributed by atoms with Crippen LogP contribution >= 0.6 is 0 Å². The van der Waals surface area contributed by atoms with Crippen molar-refractivity contribution < 1.29 is 13.2 Å². The molecule has 2 aromatic rings. The van der Waals surface area contributed by atoms with E-state index in [0.717, 1.165) is 43.7 Å². The first-order chi connectivity index (χ1) is 15.3. The number of rotatable bonds is 7. The molecule has 2 aromatic carbocycles. The summed E-state index contributed by atoms with van der Waals surface area (Å²) in [5, 5.41) is 0. The third-order valence-corrected chi connectivity index (χ3v) is 8.47. The maximum absolute atomic E-state index is 13.5. The molecule has 2 aliphatic heterocycles. The highest BCUT2D eigenvalue weighted by Gasteiger charge is 2.32. The minimum atomic E-state index is -3.77. The van der Waals surface area contributed by atoms with Crippen molar-refractivity contribution in [1.29, 1.82) is 0 Å². The summed E-state index contributed by atoms with van der Waals surface area (Å²) in [4.78, 5) is 17.6. The molecule has 1 atom stereocenters. The number of hydrogen-bond acceptors (Lipinski definition) is 4. The highest BCUT2D eigenvalue weighted by Crippen LogP contribution is 2.26. The van der Waals surface area contributed by atoms with Gasteiger partial charge in [0.2, 0.25) is 5.91 Å². The quantitative estimate of drug-likeness (QED) is 0.640. The van der Waals surface area contributed by atoms with Gasteiger partial charge in [-0.3, -0.25) is 14.0 Å². The van der Waals surface area contributed by atoms with E-state index in [1.165, 1.54) is 17.1 Å². The highest BCUT2D eigenvalue weighted by atomic mass is 32.2. The van der Waals surface area contributed by atoms with Crippen LogP contribution in [0.3, 0.4) is 0 Å². The van der Waals surface area contributed by atoms with Crippen LogP contribution in [-0.2, 0) is 14.8 Å². The number of carbonyl (C=O) groups excluding carboxylic acids is 1. The van der Waals surface area contributed by atoms with Gasteiger partial charge in [0.05, 0.1) is 10.6 Å². The second kappa shape index (κ2) is 9.63. The van der Waals surface area contributed by atoms with Crippen molar-refractivity contribution in [1.82, 2.24) is 9.80 Å². The van der Waals surface area contributed by atoms with Crippen molar-refractivity contribution in [3.63, 3.8) is 0 Å². The van der Waals surface area contributed by atoms with Crippen molar-refractivity contribution in [3.05, 3.63) is 59.7 Å². The number of aryl methyl sites for hydroxylation is 2. The van der Waals surface area contributed by atoms with E-state index in [4.69, 9.17) is 0 Å². The summed E-state index contributed by atoms with van der Waals surface area (Å²) in [5.74, 6) is 0.0305. The Kier molecular flexibility index (Phi) is 6.86. The third-order valence-electron chi connectivity index (χ3n) is 6.63. The Balaban J connectivity index is 1.49. The second-order valence-electron chi connectivity index (χ2n) is 9.00. The lowest BCUT2D eigenvalue weighted by atomic mass is 10.2. The Labute approximate surface area is 191 Å². The number of nitrogens with zero attached hydrogens (tertiary/aromatic N) is 3. The van der Waals surface area contributed by atoms with Crippen molar-refractivity contribution in [2.45, 2.75) is 50.5 Å². The van der Waals surface area contributed by atoms with Crippen LogP contribution in [0, 0.1) is 13.8 Å².